The van der Waals surface area contributed by atoms with Crippen LogP contribution in [-0.2, 0) is 10.9 Å². The molecule has 0 amide bonds. The zero-order valence-corrected chi connectivity index (χ0v) is 25.2. The van der Waals surface area contributed by atoms with Gasteiger partial charge < -0.3 is 10.0 Å². The quantitative estimate of drug-likeness (QED) is 0.338. The van der Waals surface area contributed by atoms with Gasteiger partial charge in [0.25, 0.3) is 0 Å². The first kappa shape index (κ1) is 27.7. The van der Waals surface area contributed by atoms with Gasteiger partial charge in [-0.25, -0.2) is 0 Å². The Morgan fingerprint density at radius 3 is 1.85 bits per heavy atom. The summed E-state index contributed by atoms with van der Waals surface area (Å²) in [4.78, 5) is 3.97. The summed E-state index contributed by atoms with van der Waals surface area (Å²) in [5.41, 5.74) is 1.85. The molecule has 0 bridgehead atoms. The fourth-order valence-corrected chi connectivity index (χ4v) is 11.0. The van der Waals surface area contributed by atoms with Gasteiger partial charge in [-0.05, 0) is 73.5 Å². The predicted octanol–water partition coefficient (Wildman–Crippen LogP) is 7.64. The molecule has 3 aromatic rings. The lowest BCUT2D eigenvalue weighted by Gasteiger charge is -2.49. The van der Waals surface area contributed by atoms with E-state index in [2.05, 4.69) is 110 Å². The third kappa shape index (κ3) is 5.16. The molecule has 0 radical (unpaired) electrons. The minimum atomic E-state index is -0.688. The maximum Gasteiger partial charge on any atom is 0.179 e. The average Bonchev–Trinajstić information content (AvgIpc) is 2.97. The summed E-state index contributed by atoms with van der Waals surface area (Å²) >= 11 is 0. The molecular weight excluding hydrogens is 506 g/mol. The molecule has 1 aliphatic heterocycles. The van der Waals surface area contributed by atoms with Crippen molar-refractivity contribution in [2.75, 3.05) is 4.90 Å². The summed E-state index contributed by atoms with van der Waals surface area (Å²) in [6, 6.07) is 29.0. The molecule has 0 aromatic heterocycles. The maximum absolute atomic E-state index is 12.8. The van der Waals surface area contributed by atoms with Gasteiger partial charge in [-0.1, -0.05) is 112 Å². The molecule has 1 fully saturated rings. The van der Waals surface area contributed by atoms with E-state index in [1.807, 2.05) is 0 Å². The Kier molecular flexibility index (Phi) is 8.15. The Morgan fingerprint density at radius 2 is 1.20 bits per heavy atom. The first-order valence-electron chi connectivity index (χ1n) is 15.7. The molecule has 3 heteroatoms. The van der Waals surface area contributed by atoms with Crippen LogP contribution < -0.4 is 15.3 Å². The lowest BCUT2D eigenvalue weighted by molar-refractivity contribution is -0.0115. The number of rotatable bonds is 3. The van der Waals surface area contributed by atoms with Crippen LogP contribution in [-0.4, -0.2) is 26.7 Å². The van der Waals surface area contributed by atoms with E-state index in [-0.39, 0.29) is 26.9 Å². The minimum absolute atomic E-state index is 0.195. The Bertz CT molecular complexity index is 1400. The van der Waals surface area contributed by atoms with Crippen molar-refractivity contribution in [3.05, 3.63) is 89.3 Å². The van der Waals surface area contributed by atoms with Gasteiger partial charge in [0, 0.05) is 16.6 Å². The van der Waals surface area contributed by atoms with E-state index < -0.39 is 5.60 Å². The number of nitrogens with zero attached hydrogens (tertiary/aromatic N) is 1. The highest BCUT2D eigenvalue weighted by Gasteiger charge is 2.62. The molecule has 1 heterocycles. The molecule has 2 aliphatic carbocycles. The van der Waals surface area contributed by atoms with Crippen LogP contribution in [0.2, 0.25) is 0 Å². The second-order valence-electron chi connectivity index (χ2n) is 12.7. The van der Waals surface area contributed by atoms with Crippen molar-refractivity contribution in [2.45, 2.75) is 111 Å². The normalized spacial score (nSPS) is 25.1. The monoisotopic (exact) mass is 552 g/mol. The van der Waals surface area contributed by atoms with Gasteiger partial charge in [0.05, 0.1) is 5.69 Å². The predicted molar refractivity (Wildman–Crippen MR) is 173 cm³/mol. The Hall–Kier alpha value is -2.49. The SMILES string of the molecule is CC(C)([S+]1c2ccccc2N(c2ccccc2)C2C=c3ccccc3=CC21)C1(O)CCCCCCCCCCC1. The second-order valence-corrected chi connectivity index (χ2v) is 15.3. The first-order valence-corrected chi connectivity index (χ1v) is 17.0. The molecule has 3 unspecified atom stereocenters. The number of hydrogen-bond donors (Lipinski definition) is 1. The van der Waals surface area contributed by atoms with Gasteiger partial charge in [0.2, 0.25) is 0 Å². The highest BCUT2D eigenvalue weighted by atomic mass is 32.2. The summed E-state index contributed by atoms with van der Waals surface area (Å²) in [5.74, 6) is 0. The standard InChI is InChI=1S/C37H46NOS/c1-36(2,37(39)25-17-8-6-4-3-5-7-9-18-26-37)40-34-24-16-15-23-32(34)38(31-21-11-10-12-22-31)33-27-29-19-13-14-20-30(29)28-35(33)40/h10-16,19-24,27-28,33,35,39H,3-9,17-18,25-26H2,1-2H3/q+1. The molecule has 0 spiro atoms. The molecule has 1 N–H and O–H groups in total. The zero-order valence-electron chi connectivity index (χ0n) is 24.4. The number of benzene rings is 3. The van der Waals surface area contributed by atoms with Crippen LogP contribution in [0.5, 0.6) is 0 Å². The van der Waals surface area contributed by atoms with E-state index in [0.29, 0.717) is 0 Å². The summed E-state index contributed by atoms with van der Waals surface area (Å²) in [7, 11) is -0.195. The largest absolute Gasteiger partial charge is 0.384 e. The lowest BCUT2D eigenvalue weighted by Crippen LogP contribution is -2.63. The number of fused-ring (bicyclic) bond motifs is 3. The summed E-state index contributed by atoms with van der Waals surface area (Å²) in [5, 5.41) is 15.7. The van der Waals surface area contributed by atoms with E-state index >= 15 is 0 Å². The summed E-state index contributed by atoms with van der Waals surface area (Å²) in [6.45, 7) is 4.81. The van der Waals surface area contributed by atoms with Gasteiger partial charge in [-0.2, -0.15) is 0 Å². The van der Waals surface area contributed by atoms with E-state index in [1.54, 1.807) is 0 Å². The first-order chi connectivity index (χ1) is 19.5. The van der Waals surface area contributed by atoms with Crippen molar-refractivity contribution in [3.8, 4) is 0 Å². The number of aliphatic hydroxyl groups is 1. The van der Waals surface area contributed by atoms with Crippen molar-refractivity contribution in [1.29, 1.82) is 0 Å². The molecule has 1 saturated carbocycles. The molecule has 3 aromatic carbocycles. The topological polar surface area (TPSA) is 23.5 Å². The minimum Gasteiger partial charge on any atom is -0.384 e. The smallest absolute Gasteiger partial charge is 0.179 e. The fourth-order valence-electron chi connectivity index (χ4n) is 7.47. The third-order valence-corrected chi connectivity index (χ3v) is 13.1. The molecule has 3 aliphatic rings. The van der Waals surface area contributed by atoms with Crippen LogP contribution in [0.3, 0.4) is 0 Å². The van der Waals surface area contributed by atoms with Crippen LogP contribution >= 0.6 is 0 Å². The summed E-state index contributed by atoms with van der Waals surface area (Å²) < 4.78 is -0.268. The van der Waals surface area contributed by atoms with Crippen LogP contribution in [0.4, 0.5) is 11.4 Å². The zero-order chi connectivity index (χ0) is 27.6. The van der Waals surface area contributed by atoms with Crippen LogP contribution in [0, 0.1) is 0 Å². The van der Waals surface area contributed by atoms with Crippen molar-refractivity contribution >= 4 is 34.4 Å². The van der Waals surface area contributed by atoms with Crippen LogP contribution in [0.1, 0.15) is 84.5 Å². The molecule has 40 heavy (non-hydrogen) atoms. The van der Waals surface area contributed by atoms with Gasteiger partial charge in [0.1, 0.15) is 11.6 Å². The van der Waals surface area contributed by atoms with E-state index in [0.717, 1.165) is 25.7 Å². The van der Waals surface area contributed by atoms with E-state index in [1.165, 1.54) is 71.7 Å². The van der Waals surface area contributed by atoms with Gasteiger partial charge in [-0.15, -0.1) is 0 Å². The second kappa shape index (κ2) is 11.8. The van der Waals surface area contributed by atoms with E-state index in [4.69, 9.17) is 0 Å². The lowest BCUT2D eigenvalue weighted by atomic mass is 9.79. The van der Waals surface area contributed by atoms with Gasteiger partial charge >= 0.3 is 0 Å². The highest BCUT2D eigenvalue weighted by molar-refractivity contribution is 7.99. The Labute approximate surface area is 244 Å². The molecule has 210 valence electrons. The van der Waals surface area contributed by atoms with Crippen LogP contribution in [0.15, 0.2) is 83.8 Å². The van der Waals surface area contributed by atoms with Gasteiger partial charge in [0.15, 0.2) is 14.9 Å². The van der Waals surface area contributed by atoms with Crippen molar-refractivity contribution in [1.82, 2.24) is 0 Å². The maximum atomic E-state index is 12.8. The third-order valence-electron chi connectivity index (χ3n) is 9.84. The Morgan fingerprint density at radius 1 is 0.675 bits per heavy atom. The average molecular weight is 553 g/mol. The van der Waals surface area contributed by atoms with Crippen LogP contribution in [0.25, 0.3) is 12.2 Å². The highest BCUT2D eigenvalue weighted by Crippen LogP contribution is 2.52. The fraction of sp³-hybridized carbons (Fsp3) is 0.459. The van der Waals surface area contributed by atoms with Crippen molar-refractivity contribution in [2.24, 2.45) is 0 Å². The molecule has 2 nitrogen and oxygen atoms in total. The van der Waals surface area contributed by atoms with Crippen molar-refractivity contribution < 1.29 is 5.11 Å². The molecule has 0 saturated heterocycles. The van der Waals surface area contributed by atoms with Crippen molar-refractivity contribution in [3.63, 3.8) is 0 Å². The number of para-hydroxylation sites is 2. The number of anilines is 2. The number of hydrogen-bond acceptors (Lipinski definition) is 2. The van der Waals surface area contributed by atoms with E-state index in [9.17, 15) is 5.11 Å². The molecule has 3 atom stereocenters. The Balaban J connectivity index is 1.50. The molecule has 6 rings (SSSR count). The molecular formula is C37H46NOS+. The summed E-state index contributed by atoms with van der Waals surface area (Å²) in [6.07, 6.45) is 18.3. The van der Waals surface area contributed by atoms with Gasteiger partial charge in [-0.3, -0.25) is 0 Å².